The Balaban J connectivity index is 1.89. The molecule has 4 rings (SSSR count). The van der Waals surface area contributed by atoms with Crippen LogP contribution in [0.3, 0.4) is 0 Å². The number of nitrogens with zero attached hydrogens (tertiary/aromatic N) is 2. The van der Waals surface area contributed by atoms with E-state index in [4.69, 9.17) is 4.74 Å². The molecule has 0 aliphatic carbocycles. The van der Waals surface area contributed by atoms with Crippen molar-refractivity contribution >= 4 is 23.3 Å². The fourth-order valence-corrected chi connectivity index (χ4v) is 4.77. The zero-order valence-corrected chi connectivity index (χ0v) is 20.5. The van der Waals surface area contributed by atoms with Crippen LogP contribution in [0.4, 0.5) is 0 Å². The average Bonchev–Trinajstić information content (AvgIpc) is 3.38. The van der Waals surface area contributed by atoms with Gasteiger partial charge in [-0.2, -0.15) is 0 Å². The summed E-state index contributed by atoms with van der Waals surface area (Å²) in [6.07, 6.45) is 4.80. The number of carbonyl (C=O) groups is 1. The molecule has 1 aromatic carbocycles. The summed E-state index contributed by atoms with van der Waals surface area (Å²) >= 11 is 1.60. The largest absolute Gasteiger partial charge is 0.496 e. The van der Waals surface area contributed by atoms with E-state index in [0.29, 0.717) is 12.2 Å². The monoisotopic (exact) mass is 449 g/mol. The maximum absolute atomic E-state index is 13.2. The van der Waals surface area contributed by atoms with Gasteiger partial charge in [-0.1, -0.05) is 32.4 Å². The molecule has 6 heteroatoms. The molecule has 32 heavy (non-hydrogen) atoms. The van der Waals surface area contributed by atoms with Crippen LogP contribution in [0.5, 0.6) is 5.75 Å². The van der Waals surface area contributed by atoms with Gasteiger partial charge in [-0.25, -0.2) is 4.98 Å². The summed E-state index contributed by atoms with van der Waals surface area (Å²) < 4.78 is 7.85. The third-order valence-corrected chi connectivity index (χ3v) is 6.34. The van der Waals surface area contributed by atoms with Crippen LogP contribution in [0.1, 0.15) is 56.2 Å². The van der Waals surface area contributed by atoms with Gasteiger partial charge in [-0.05, 0) is 49.4 Å². The SMILES string of the molecule is COc1cc2c(cc1C=C(C)C)-c1c(-c3nccs3)cc(C(=O)NCC(C)(C)C)n1CC2. The van der Waals surface area contributed by atoms with Crippen molar-refractivity contribution < 1.29 is 9.53 Å². The minimum Gasteiger partial charge on any atom is -0.496 e. The van der Waals surface area contributed by atoms with Crippen LogP contribution >= 0.6 is 11.3 Å². The van der Waals surface area contributed by atoms with E-state index >= 15 is 0 Å². The maximum Gasteiger partial charge on any atom is 0.267 e. The van der Waals surface area contributed by atoms with Crippen molar-refractivity contribution in [2.75, 3.05) is 13.7 Å². The van der Waals surface area contributed by atoms with Crippen molar-refractivity contribution in [2.24, 2.45) is 5.41 Å². The van der Waals surface area contributed by atoms with Gasteiger partial charge in [0.05, 0.1) is 12.8 Å². The van der Waals surface area contributed by atoms with Gasteiger partial charge in [-0.3, -0.25) is 4.79 Å². The summed E-state index contributed by atoms with van der Waals surface area (Å²) in [6.45, 7) is 11.9. The first kappa shape index (κ1) is 22.3. The average molecular weight is 450 g/mol. The summed E-state index contributed by atoms with van der Waals surface area (Å²) in [5.41, 5.74) is 7.42. The number of hydrogen-bond donors (Lipinski definition) is 1. The Bertz CT molecular complexity index is 1180. The second kappa shape index (κ2) is 8.58. The summed E-state index contributed by atoms with van der Waals surface area (Å²) in [6, 6.07) is 6.35. The summed E-state index contributed by atoms with van der Waals surface area (Å²) in [5.74, 6) is 0.842. The van der Waals surface area contributed by atoms with Crippen molar-refractivity contribution in [3.8, 4) is 27.6 Å². The Morgan fingerprint density at radius 2 is 2.03 bits per heavy atom. The lowest BCUT2D eigenvalue weighted by atomic mass is 9.93. The van der Waals surface area contributed by atoms with Gasteiger partial charge in [-0.15, -0.1) is 11.3 Å². The Labute approximate surface area is 194 Å². The predicted octanol–water partition coefficient (Wildman–Crippen LogP) is 6.04. The molecule has 0 atom stereocenters. The molecule has 168 valence electrons. The van der Waals surface area contributed by atoms with Crippen LogP contribution in [0.2, 0.25) is 0 Å². The van der Waals surface area contributed by atoms with E-state index in [1.807, 2.05) is 17.6 Å². The number of methoxy groups -OCH3 is 1. The minimum atomic E-state index is -0.0366. The number of carbonyl (C=O) groups excluding carboxylic acids is 1. The number of rotatable bonds is 5. The Morgan fingerprint density at radius 3 is 2.66 bits per heavy atom. The van der Waals surface area contributed by atoms with Gasteiger partial charge >= 0.3 is 0 Å². The van der Waals surface area contributed by atoms with E-state index in [1.54, 1.807) is 18.4 Å². The summed E-state index contributed by atoms with van der Waals surface area (Å²) in [7, 11) is 1.72. The third kappa shape index (κ3) is 4.37. The van der Waals surface area contributed by atoms with Gasteiger partial charge in [0.1, 0.15) is 16.5 Å². The van der Waals surface area contributed by atoms with Gasteiger partial charge in [0, 0.05) is 41.4 Å². The van der Waals surface area contributed by atoms with E-state index < -0.39 is 0 Å². The molecule has 0 saturated heterocycles. The summed E-state index contributed by atoms with van der Waals surface area (Å²) in [4.78, 5) is 17.8. The first-order valence-electron chi connectivity index (χ1n) is 11.0. The van der Waals surface area contributed by atoms with Crippen molar-refractivity contribution in [1.29, 1.82) is 0 Å². The molecule has 0 fully saturated rings. The number of allylic oxidation sites excluding steroid dienone is 1. The van der Waals surface area contributed by atoms with Crippen LogP contribution in [0, 0.1) is 5.41 Å². The Morgan fingerprint density at radius 1 is 1.25 bits per heavy atom. The number of benzene rings is 1. The second-order valence-corrected chi connectivity index (χ2v) is 10.6. The van der Waals surface area contributed by atoms with Crippen LogP contribution in [-0.2, 0) is 13.0 Å². The van der Waals surface area contributed by atoms with Crippen molar-refractivity contribution in [3.63, 3.8) is 0 Å². The number of hydrogen-bond acceptors (Lipinski definition) is 4. The topological polar surface area (TPSA) is 56.1 Å². The number of aromatic nitrogens is 2. The molecular weight excluding hydrogens is 418 g/mol. The standard InChI is InChI=1S/C26H31N3O2S/c1-16(2)11-18-12-19-17(13-22(18)31-6)7-9-29-21(24(30)28-15-26(3,4)5)14-20(23(19)29)25-27-8-10-32-25/h8,10-14H,7,9,15H2,1-6H3,(H,28,30). The van der Waals surface area contributed by atoms with Crippen LogP contribution in [-0.4, -0.2) is 29.1 Å². The third-order valence-electron chi connectivity index (χ3n) is 5.53. The fraction of sp³-hybridized carbons (Fsp3) is 0.385. The van der Waals surface area contributed by atoms with E-state index in [9.17, 15) is 4.79 Å². The lowest BCUT2D eigenvalue weighted by molar-refractivity contribution is 0.0930. The number of amides is 1. The predicted molar refractivity (Wildman–Crippen MR) is 132 cm³/mol. The molecule has 1 amide bonds. The molecule has 0 bridgehead atoms. The van der Waals surface area contributed by atoms with Crippen LogP contribution < -0.4 is 10.1 Å². The maximum atomic E-state index is 13.2. The molecule has 0 saturated carbocycles. The first-order chi connectivity index (χ1) is 15.2. The number of aryl methyl sites for hydroxylation is 1. The molecule has 3 aromatic rings. The van der Waals surface area contributed by atoms with Crippen LogP contribution in [0.25, 0.3) is 27.9 Å². The lowest BCUT2D eigenvalue weighted by Crippen LogP contribution is -2.33. The van der Waals surface area contributed by atoms with E-state index in [0.717, 1.165) is 46.1 Å². The van der Waals surface area contributed by atoms with Gasteiger partial charge in [0.2, 0.25) is 0 Å². The van der Waals surface area contributed by atoms with Gasteiger partial charge < -0.3 is 14.6 Å². The fourth-order valence-electron chi connectivity index (χ4n) is 4.11. The molecule has 0 spiro atoms. The quantitative estimate of drug-likeness (QED) is 0.516. The van der Waals surface area contributed by atoms with E-state index in [-0.39, 0.29) is 11.3 Å². The molecule has 1 N–H and O–H groups in total. The smallest absolute Gasteiger partial charge is 0.267 e. The number of nitrogens with one attached hydrogen (secondary N) is 1. The molecule has 3 heterocycles. The number of thiazole rings is 1. The van der Waals surface area contributed by atoms with Crippen molar-refractivity contribution in [3.05, 3.63) is 52.2 Å². The highest BCUT2D eigenvalue weighted by molar-refractivity contribution is 7.13. The molecule has 2 aromatic heterocycles. The van der Waals surface area contributed by atoms with Gasteiger partial charge in [0.25, 0.3) is 5.91 Å². The van der Waals surface area contributed by atoms with E-state index in [2.05, 4.69) is 67.7 Å². The Kier molecular flexibility index (Phi) is 5.99. The highest BCUT2D eigenvalue weighted by atomic mass is 32.1. The zero-order valence-electron chi connectivity index (χ0n) is 19.7. The normalized spacial score (nSPS) is 12.7. The highest BCUT2D eigenvalue weighted by Gasteiger charge is 2.28. The molecule has 5 nitrogen and oxygen atoms in total. The van der Waals surface area contributed by atoms with Gasteiger partial charge in [0.15, 0.2) is 0 Å². The van der Waals surface area contributed by atoms with Crippen molar-refractivity contribution in [1.82, 2.24) is 14.9 Å². The van der Waals surface area contributed by atoms with E-state index in [1.165, 1.54) is 11.1 Å². The number of fused-ring (bicyclic) bond motifs is 3. The second-order valence-electron chi connectivity index (χ2n) is 9.75. The lowest BCUT2D eigenvalue weighted by Gasteiger charge is -2.24. The first-order valence-corrected chi connectivity index (χ1v) is 11.8. The molecular formula is C26H31N3O2S. The minimum absolute atomic E-state index is 0.0213. The highest BCUT2D eigenvalue weighted by Crippen LogP contribution is 2.43. The Hall–Kier alpha value is -2.86. The zero-order chi connectivity index (χ0) is 23.0. The molecule has 1 aliphatic rings. The molecule has 0 radical (unpaired) electrons. The molecule has 1 aliphatic heterocycles. The van der Waals surface area contributed by atoms with Crippen molar-refractivity contribution in [2.45, 2.75) is 47.6 Å². The number of ether oxygens (including phenoxy) is 1. The molecule has 0 unspecified atom stereocenters. The van der Waals surface area contributed by atoms with Crippen LogP contribution in [0.15, 0.2) is 35.3 Å². The summed E-state index contributed by atoms with van der Waals surface area (Å²) in [5, 5.41) is 6.03.